The van der Waals surface area contributed by atoms with Crippen molar-refractivity contribution in [1.29, 1.82) is 0 Å². The number of hydrogen-bond acceptors (Lipinski definition) is 4. The zero-order valence-corrected chi connectivity index (χ0v) is 11.4. The molecular formula is C11H12BrN3O3. The summed E-state index contributed by atoms with van der Waals surface area (Å²) < 4.78 is 0.329. The molecule has 0 radical (unpaired) electrons. The van der Waals surface area contributed by atoms with Gasteiger partial charge < -0.3 is 5.32 Å². The zero-order valence-electron chi connectivity index (χ0n) is 9.77. The van der Waals surface area contributed by atoms with Gasteiger partial charge in [-0.05, 0) is 34.2 Å². The molecule has 6 nitrogen and oxygen atoms in total. The SMILES string of the molecule is CC1(CNC(=O)c2c(Br)cncc2[N+](=O)[O-])CC1. The highest BCUT2D eigenvalue weighted by molar-refractivity contribution is 9.10. The minimum Gasteiger partial charge on any atom is -0.351 e. The van der Waals surface area contributed by atoms with E-state index in [0.717, 1.165) is 19.0 Å². The molecule has 0 bridgehead atoms. The van der Waals surface area contributed by atoms with Crippen molar-refractivity contribution in [3.8, 4) is 0 Å². The van der Waals surface area contributed by atoms with Crippen LogP contribution >= 0.6 is 15.9 Å². The molecule has 1 fully saturated rings. The maximum atomic E-state index is 12.0. The Hall–Kier alpha value is -1.50. The molecule has 0 atom stereocenters. The summed E-state index contributed by atoms with van der Waals surface area (Å²) in [5.74, 6) is -0.441. The Kier molecular flexibility index (Phi) is 3.34. The standard InChI is InChI=1S/C11H12BrN3O3/c1-11(2-3-11)6-14-10(16)9-7(12)4-13-5-8(9)15(17)18/h4-5H,2-3,6H2,1H3,(H,14,16). The summed E-state index contributed by atoms with van der Waals surface area (Å²) in [4.78, 5) is 25.9. The van der Waals surface area contributed by atoms with Crippen molar-refractivity contribution in [2.75, 3.05) is 6.54 Å². The zero-order chi connectivity index (χ0) is 13.3. The van der Waals surface area contributed by atoms with Crippen LogP contribution in [0.1, 0.15) is 30.1 Å². The van der Waals surface area contributed by atoms with Crippen LogP contribution in [-0.4, -0.2) is 22.4 Å². The monoisotopic (exact) mass is 313 g/mol. The van der Waals surface area contributed by atoms with Crippen LogP contribution in [-0.2, 0) is 0 Å². The van der Waals surface area contributed by atoms with Crippen molar-refractivity contribution in [2.24, 2.45) is 5.41 Å². The number of halogens is 1. The molecule has 0 saturated heterocycles. The van der Waals surface area contributed by atoms with Gasteiger partial charge >= 0.3 is 5.69 Å². The molecule has 1 saturated carbocycles. The van der Waals surface area contributed by atoms with Gasteiger partial charge in [0.2, 0.25) is 0 Å². The molecule has 0 aliphatic heterocycles. The number of carbonyl (C=O) groups excluding carboxylic acids is 1. The molecule has 7 heteroatoms. The van der Waals surface area contributed by atoms with Crippen molar-refractivity contribution in [3.05, 3.63) is 32.5 Å². The fourth-order valence-electron chi connectivity index (χ4n) is 1.56. The first-order chi connectivity index (χ1) is 8.43. The summed E-state index contributed by atoms with van der Waals surface area (Å²) in [5, 5.41) is 13.6. The first kappa shape index (κ1) is 12.9. The van der Waals surface area contributed by atoms with Crippen LogP contribution in [0.25, 0.3) is 0 Å². The molecule has 0 spiro atoms. The number of nitrogens with one attached hydrogen (secondary N) is 1. The Bertz CT molecular complexity index is 514. The lowest BCUT2D eigenvalue weighted by Crippen LogP contribution is -2.29. The second kappa shape index (κ2) is 4.64. The van der Waals surface area contributed by atoms with Gasteiger partial charge in [-0.25, -0.2) is 0 Å². The summed E-state index contributed by atoms with van der Waals surface area (Å²) in [6.07, 6.45) is 4.61. The van der Waals surface area contributed by atoms with Gasteiger partial charge in [0.1, 0.15) is 11.8 Å². The lowest BCUT2D eigenvalue weighted by molar-refractivity contribution is -0.385. The number of pyridine rings is 1. The Balaban J connectivity index is 2.20. The predicted molar refractivity (Wildman–Crippen MR) is 68.3 cm³/mol. The maximum Gasteiger partial charge on any atom is 0.301 e. The Morgan fingerprint density at radius 3 is 2.83 bits per heavy atom. The third-order valence-corrected chi connectivity index (χ3v) is 3.68. The first-order valence-electron chi connectivity index (χ1n) is 5.49. The van der Waals surface area contributed by atoms with Gasteiger partial charge in [0.25, 0.3) is 5.91 Å². The molecule has 1 N–H and O–H groups in total. The number of nitro groups is 1. The summed E-state index contributed by atoms with van der Waals surface area (Å²) in [6, 6.07) is 0. The van der Waals surface area contributed by atoms with Crippen molar-refractivity contribution in [2.45, 2.75) is 19.8 Å². The Morgan fingerprint density at radius 2 is 2.28 bits per heavy atom. The van der Waals surface area contributed by atoms with Crippen LogP contribution in [0.4, 0.5) is 5.69 Å². The van der Waals surface area contributed by atoms with E-state index in [2.05, 4.69) is 33.2 Å². The summed E-state index contributed by atoms with van der Waals surface area (Å²) in [5.41, 5.74) is -0.105. The van der Waals surface area contributed by atoms with Crippen LogP contribution in [0, 0.1) is 15.5 Å². The summed E-state index contributed by atoms with van der Waals surface area (Å²) >= 11 is 3.12. The lowest BCUT2D eigenvalue weighted by atomic mass is 10.1. The van der Waals surface area contributed by atoms with E-state index in [1.54, 1.807) is 0 Å². The topological polar surface area (TPSA) is 85.1 Å². The van der Waals surface area contributed by atoms with Crippen LogP contribution in [0.15, 0.2) is 16.9 Å². The largest absolute Gasteiger partial charge is 0.351 e. The summed E-state index contributed by atoms with van der Waals surface area (Å²) in [7, 11) is 0. The second-order valence-electron chi connectivity index (χ2n) is 4.77. The minimum atomic E-state index is -0.606. The number of carbonyl (C=O) groups is 1. The maximum absolute atomic E-state index is 12.0. The van der Waals surface area contributed by atoms with Crippen LogP contribution in [0.2, 0.25) is 0 Å². The van der Waals surface area contributed by atoms with Crippen molar-refractivity contribution < 1.29 is 9.72 Å². The van der Waals surface area contributed by atoms with Crippen LogP contribution < -0.4 is 5.32 Å². The second-order valence-corrected chi connectivity index (χ2v) is 5.62. The third kappa shape index (κ3) is 2.66. The molecule has 1 amide bonds. The Labute approximate surface area is 112 Å². The van der Waals surface area contributed by atoms with Crippen molar-refractivity contribution >= 4 is 27.5 Å². The minimum absolute atomic E-state index is 0.0271. The Morgan fingerprint density at radius 1 is 1.61 bits per heavy atom. The lowest BCUT2D eigenvalue weighted by Gasteiger charge is -2.10. The highest BCUT2D eigenvalue weighted by Crippen LogP contribution is 2.44. The van der Waals surface area contributed by atoms with Gasteiger partial charge in [-0.3, -0.25) is 19.9 Å². The number of hydrogen-bond donors (Lipinski definition) is 1. The number of amides is 1. The number of aromatic nitrogens is 1. The molecule has 1 aromatic heterocycles. The van der Waals surface area contributed by atoms with E-state index in [4.69, 9.17) is 0 Å². The number of rotatable bonds is 4. The summed E-state index contributed by atoms with van der Waals surface area (Å²) in [6.45, 7) is 2.61. The van der Waals surface area contributed by atoms with Crippen LogP contribution in [0.3, 0.4) is 0 Å². The fraction of sp³-hybridized carbons (Fsp3) is 0.455. The molecule has 1 aromatic rings. The van der Waals surface area contributed by atoms with Gasteiger partial charge in [-0.1, -0.05) is 6.92 Å². The predicted octanol–water partition coefficient (Wildman–Crippen LogP) is 2.28. The van der Waals surface area contributed by atoms with Crippen molar-refractivity contribution in [1.82, 2.24) is 10.3 Å². The smallest absolute Gasteiger partial charge is 0.301 e. The first-order valence-corrected chi connectivity index (χ1v) is 6.28. The molecule has 1 aliphatic carbocycles. The van der Waals surface area contributed by atoms with E-state index in [1.165, 1.54) is 6.20 Å². The average molecular weight is 314 g/mol. The van der Waals surface area contributed by atoms with E-state index in [-0.39, 0.29) is 16.7 Å². The van der Waals surface area contributed by atoms with E-state index in [1.807, 2.05) is 0 Å². The highest BCUT2D eigenvalue weighted by atomic mass is 79.9. The van der Waals surface area contributed by atoms with Crippen molar-refractivity contribution in [3.63, 3.8) is 0 Å². The van der Waals surface area contributed by atoms with E-state index in [0.29, 0.717) is 11.0 Å². The molecule has 18 heavy (non-hydrogen) atoms. The molecule has 0 aromatic carbocycles. The van der Waals surface area contributed by atoms with E-state index < -0.39 is 10.8 Å². The van der Waals surface area contributed by atoms with Crippen LogP contribution in [0.5, 0.6) is 0 Å². The number of nitrogens with zero attached hydrogens (tertiary/aromatic N) is 2. The highest BCUT2D eigenvalue weighted by Gasteiger charge is 2.37. The van der Waals surface area contributed by atoms with Gasteiger partial charge in [0, 0.05) is 12.7 Å². The fourth-order valence-corrected chi connectivity index (χ4v) is 2.06. The molecule has 0 unspecified atom stereocenters. The quantitative estimate of drug-likeness (QED) is 0.682. The molecule has 96 valence electrons. The van der Waals surface area contributed by atoms with Gasteiger partial charge in [0.15, 0.2) is 0 Å². The van der Waals surface area contributed by atoms with Gasteiger partial charge in [-0.15, -0.1) is 0 Å². The van der Waals surface area contributed by atoms with E-state index in [9.17, 15) is 14.9 Å². The van der Waals surface area contributed by atoms with Gasteiger partial charge in [-0.2, -0.15) is 0 Å². The third-order valence-electron chi connectivity index (χ3n) is 3.08. The molecule has 2 rings (SSSR count). The van der Waals surface area contributed by atoms with E-state index >= 15 is 0 Å². The average Bonchev–Trinajstić information content (AvgIpc) is 3.04. The van der Waals surface area contributed by atoms with Gasteiger partial charge in [0.05, 0.1) is 9.40 Å². The molecule has 1 heterocycles. The molecular weight excluding hydrogens is 302 g/mol. The normalized spacial score (nSPS) is 16.1. The molecule has 1 aliphatic rings.